The molecule has 1 aromatic heterocycles. The van der Waals surface area contributed by atoms with E-state index in [1.54, 1.807) is 6.92 Å². The van der Waals surface area contributed by atoms with Crippen molar-refractivity contribution in [3.8, 4) is 0 Å². The summed E-state index contributed by atoms with van der Waals surface area (Å²) in [6.07, 6.45) is -5.86. The number of anilines is 1. The van der Waals surface area contributed by atoms with Crippen LogP contribution in [0.2, 0.25) is 0 Å². The Hall–Kier alpha value is -3.20. The Labute approximate surface area is 187 Å². The summed E-state index contributed by atoms with van der Waals surface area (Å²) in [7, 11) is 0. The molecule has 2 atom stereocenters. The van der Waals surface area contributed by atoms with Gasteiger partial charge < -0.3 is 14.5 Å². The zero-order valence-corrected chi connectivity index (χ0v) is 18.1. The highest BCUT2D eigenvalue weighted by molar-refractivity contribution is 5.99. The lowest BCUT2D eigenvalue weighted by Gasteiger charge is -2.33. The van der Waals surface area contributed by atoms with Gasteiger partial charge in [-0.2, -0.15) is 13.2 Å². The molecule has 6 nitrogen and oxygen atoms in total. The van der Waals surface area contributed by atoms with Crippen LogP contribution in [0.3, 0.4) is 0 Å². The lowest BCUT2D eigenvalue weighted by atomic mass is 9.80. The van der Waals surface area contributed by atoms with Gasteiger partial charge in [0.15, 0.2) is 0 Å². The van der Waals surface area contributed by atoms with E-state index in [9.17, 15) is 27.9 Å². The first-order valence-corrected chi connectivity index (χ1v) is 10.6. The van der Waals surface area contributed by atoms with Gasteiger partial charge in [0.05, 0.1) is 11.1 Å². The Kier molecular flexibility index (Phi) is 6.00. The molecule has 4 rings (SSSR count). The number of fused-ring (bicyclic) bond motifs is 2. The largest absolute Gasteiger partial charge is 0.423 e. The van der Waals surface area contributed by atoms with E-state index >= 15 is 0 Å². The minimum atomic E-state index is -5.11. The van der Waals surface area contributed by atoms with Crippen LogP contribution in [0.1, 0.15) is 41.1 Å². The van der Waals surface area contributed by atoms with Gasteiger partial charge in [0.1, 0.15) is 0 Å². The summed E-state index contributed by atoms with van der Waals surface area (Å²) >= 11 is 0. The summed E-state index contributed by atoms with van der Waals surface area (Å²) in [4.78, 5) is 25.8. The molecule has 3 aromatic rings. The molecule has 0 saturated heterocycles. The number of carbonyl (C=O) groups excluding carboxylic acids is 1. The molecule has 1 amide bonds. The van der Waals surface area contributed by atoms with E-state index in [0.717, 1.165) is 34.4 Å². The summed E-state index contributed by atoms with van der Waals surface area (Å²) < 4.78 is 44.5. The maximum atomic E-state index is 13.3. The van der Waals surface area contributed by atoms with Crippen LogP contribution in [0.5, 0.6) is 0 Å². The second kappa shape index (κ2) is 8.62. The number of aromatic nitrogens is 1. The van der Waals surface area contributed by atoms with Crippen molar-refractivity contribution in [2.24, 2.45) is 0 Å². The van der Waals surface area contributed by atoms with E-state index in [2.05, 4.69) is 5.16 Å². The molecule has 2 aromatic carbocycles. The van der Waals surface area contributed by atoms with Crippen LogP contribution in [0, 0.1) is 13.8 Å². The summed E-state index contributed by atoms with van der Waals surface area (Å²) in [6.45, 7) is 3.54. The standard InChI is InChI=1S/C24H23F3N2O4/c1-13-5-3-8-18-15(6-4-7-17(13)18)12-29(22(31)21(30)24(25,26)27)16-9-10-19-20(11-16)14(2)28-33-23(19)32/h3,5,8-11,15,21,30H,4,6-7,12H2,1-2H3/t15?,21-/m1/s1. The van der Waals surface area contributed by atoms with Gasteiger partial charge in [-0.25, -0.2) is 4.79 Å². The Morgan fingerprint density at radius 3 is 2.73 bits per heavy atom. The monoisotopic (exact) mass is 460 g/mol. The lowest BCUT2D eigenvalue weighted by Crippen LogP contribution is -2.48. The van der Waals surface area contributed by atoms with Gasteiger partial charge in [-0.05, 0) is 68.0 Å². The number of rotatable bonds is 4. The van der Waals surface area contributed by atoms with Gasteiger partial charge in [0.2, 0.25) is 6.10 Å². The Bertz CT molecular complexity index is 1270. The first-order chi connectivity index (χ1) is 15.6. The number of aliphatic hydroxyl groups is 1. The third-order valence-corrected chi connectivity index (χ3v) is 6.27. The number of aryl methyl sites for hydroxylation is 2. The fraction of sp³-hybridized carbons (Fsp3) is 0.375. The molecular weight excluding hydrogens is 437 g/mol. The predicted octanol–water partition coefficient (Wildman–Crippen LogP) is 4.18. The smallest absolute Gasteiger partial charge is 0.376 e. The molecule has 1 N–H and O–H groups in total. The van der Waals surface area contributed by atoms with Crippen LogP contribution in [0.15, 0.2) is 45.7 Å². The molecule has 33 heavy (non-hydrogen) atoms. The second-order valence-electron chi connectivity index (χ2n) is 8.41. The highest BCUT2D eigenvalue weighted by Crippen LogP contribution is 2.36. The van der Waals surface area contributed by atoms with Gasteiger partial charge in [-0.15, -0.1) is 0 Å². The van der Waals surface area contributed by atoms with Crippen LogP contribution in [-0.2, 0) is 11.2 Å². The molecular formula is C24H23F3N2O4. The first kappa shape index (κ1) is 23.0. The normalized spacial score (nSPS) is 17.0. The van der Waals surface area contributed by atoms with Crippen LogP contribution >= 0.6 is 0 Å². The Morgan fingerprint density at radius 1 is 1.24 bits per heavy atom. The molecule has 1 aliphatic carbocycles. The molecule has 0 aliphatic heterocycles. The number of hydrogen-bond acceptors (Lipinski definition) is 5. The van der Waals surface area contributed by atoms with E-state index in [4.69, 9.17) is 4.52 Å². The van der Waals surface area contributed by atoms with Gasteiger partial charge >= 0.3 is 11.8 Å². The molecule has 9 heteroatoms. The van der Waals surface area contributed by atoms with Crippen molar-refractivity contribution in [3.63, 3.8) is 0 Å². The third kappa shape index (κ3) is 4.37. The van der Waals surface area contributed by atoms with E-state index in [1.165, 1.54) is 18.2 Å². The molecule has 1 heterocycles. The number of benzene rings is 2. The maximum Gasteiger partial charge on any atom is 0.423 e. The fourth-order valence-corrected chi connectivity index (χ4v) is 4.54. The van der Waals surface area contributed by atoms with Gasteiger partial charge in [-0.3, -0.25) is 4.79 Å². The first-order valence-electron chi connectivity index (χ1n) is 10.6. The molecule has 174 valence electrons. The average Bonchev–Trinajstić information content (AvgIpc) is 2.78. The van der Waals surface area contributed by atoms with E-state index in [-0.39, 0.29) is 23.5 Å². The van der Waals surface area contributed by atoms with Crippen molar-refractivity contribution in [1.29, 1.82) is 0 Å². The van der Waals surface area contributed by atoms with Crippen LogP contribution in [0.25, 0.3) is 10.8 Å². The molecule has 0 radical (unpaired) electrons. The molecule has 0 saturated carbocycles. The van der Waals surface area contributed by atoms with Crippen molar-refractivity contribution in [3.05, 3.63) is 69.2 Å². The summed E-state index contributed by atoms with van der Waals surface area (Å²) in [5.74, 6) is -1.66. The van der Waals surface area contributed by atoms with Gasteiger partial charge in [0.25, 0.3) is 5.91 Å². The summed E-state index contributed by atoms with van der Waals surface area (Å²) in [6, 6.07) is 10.0. The second-order valence-corrected chi connectivity index (χ2v) is 8.41. The number of nitrogens with zero attached hydrogens (tertiary/aromatic N) is 2. The summed E-state index contributed by atoms with van der Waals surface area (Å²) in [5, 5.41) is 14.0. The molecule has 1 aliphatic rings. The van der Waals surface area contributed by atoms with Gasteiger partial charge in [0, 0.05) is 23.5 Å². The molecule has 0 bridgehead atoms. The van der Waals surface area contributed by atoms with Crippen LogP contribution in [0.4, 0.5) is 18.9 Å². The van der Waals surface area contributed by atoms with Crippen molar-refractivity contribution < 1.29 is 27.6 Å². The zero-order valence-electron chi connectivity index (χ0n) is 18.1. The minimum absolute atomic E-state index is 0.0398. The number of halogens is 3. The quantitative estimate of drug-likeness (QED) is 0.632. The van der Waals surface area contributed by atoms with E-state index in [0.29, 0.717) is 17.5 Å². The van der Waals surface area contributed by atoms with Gasteiger partial charge in [-0.1, -0.05) is 23.4 Å². The van der Waals surface area contributed by atoms with Crippen molar-refractivity contribution in [1.82, 2.24) is 5.16 Å². The lowest BCUT2D eigenvalue weighted by molar-refractivity contribution is -0.203. The zero-order chi connectivity index (χ0) is 23.9. The number of hydrogen-bond donors (Lipinski definition) is 1. The topological polar surface area (TPSA) is 83.6 Å². The Morgan fingerprint density at radius 2 is 2.00 bits per heavy atom. The van der Waals surface area contributed by atoms with E-state index < -0.39 is 23.8 Å². The highest BCUT2D eigenvalue weighted by atomic mass is 19.4. The van der Waals surface area contributed by atoms with Crippen LogP contribution < -0.4 is 10.5 Å². The summed E-state index contributed by atoms with van der Waals surface area (Å²) in [5.41, 5.74) is 3.06. The van der Waals surface area contributed by atoms with Crippen molar-refractivity contribution in [2.75, 3.05) is 11.4 Å². The SMILES string of the molecule is Cc1cccc2c1CCCC2CN(C(=O)[C@@H](O)C(F)(F)F)c1ccc2c(=O)onc(C)c2c1. The number of amides is 1. The van der Waals surface area contributed by atoms with E-state index in [1.807, 2.05) is 25.1 Å². The average molecular weight is 460 g/mol. The number of alkyl halides is 3. The molecule has 0 fully saturated rings. The van der Waals surface area contributed by atoms with Crippen LogP contribution in [-0.4, -0.2) is 35.0 Å². The number of carbonyl (C=O) groups is 1. The minimum Gasteiger partial charge on any atom is -0.376 e. The number of aliphatic hydroxyl groups excluding tert-OH is 1. The molecule has 0 spiro atoms. The van der Waals surface area contributed by atoms with Crippen molar-refractivity contribution in [2.45, 2.75) is 51.3 Å². The highest BCUT2D eigenvalue weighted by Gasteiger charge is 2.46. The van der Waals surface area contributed by atoms with Crippen molar-refractivity contribution >= 4 is 22.4 Å². The fourth-order valence-electron chi connectivity index (χ4n) is 4.54. The Balaban J connectivity index is 1.80. The molecule has 1 unspecified atom stereocenters. The predicted molar refractivity (Wildman–Crippen MR) is 116 cm³/mol. The maximum absolute atomic E-state index is 13.3. The third-order valence-electron chi connectivity index (χ3n) is 6.27.